The van der Waals surface area contributed by atoms with Crippen LogP contribution in [0.15, 0.2) is 30.3 Å². The second kappa shape index (κ2) is 5.67. The number of amides is 1. The van der Waals surface area contributed by atoms with Crippen LogP contribution in [0, 0.1) is 6.92 Å². The maximum Gasteiger partial charge on any atom is 0.220 e. The fourth-order valence-electron chi connectivity index (χ4n) is 2.18. The summed E-state index contributed by atoms with van der Waals surface area (Å²) in [5, 5.41) is 2.99. The number of benzene rings is 1. The molecule has 1 N–H and O–H groups in total. The molecular formula is C15H19NO. The van der Waals surface area contributed by atoms with Gasteiger partial charge in [-0.2, -0.15) is 0 Å². The maximum absolute atomic E-state index is 11.0. The Labute approximate surface area is 103 Å². The quantitative estimate of drug-likeness (QED) is 0.844. The number of carbonyl (C=O) groups excluding carboxylic acids is 1. The number of hydrogen-bond acceptors (Lipinski definition) is 1. The molecule has 0 radical (unpaired) electrons. The van der Waals surface area contributed by atoms with Crippen molar-refractivity contribution in [1.82, 2.24) is 5.32 Å². The van der Waals surface area contributed by atoms with Crippen molar-refractivity contribution in [2.45, 2.75) is 38.6 Å². The summed E-state index contributed by atoms with van der Waals surface area (Å²) < 4.78 is 0. The predicted molar refractivity (Wildman–Crippen MR) is 70.6 cm³/mol. The summed E-state index contributed by atoms with van der Waals surface area (Å²) in [5.41, 5.74) is 2.58. The van der Waals surface area contributed by atoms with Gasteiger partial charge in [0.1, 0.15) is 0 Å². The van der Waals surface area contributed by atoms with Gasteiger partial charge in [-0.25, -0.2) is 0 Å². The minimum atomic E-state index is 0.206. The number of carbonyl (C=O) groups is 1. The van der Waals surface area contributed by atoms with E-state index in [1.165, 1.54) is 11.1 Å². The highest BCUT2D eigenvalue weighted by Crippen LogP contribution is 2.14. The molecule has 2 heteroatoms. The number of hydrogen-bond donors (Lipinski definition) is 1. The van der Waals surface area contributed by atoms with Gasteiger partial charge in [0.2, 0.25) is 5.91 Å². The Hall–Kier alpha value is -1.57. The van der Waals surface area contributed by atoms with Crippen molar-refractivity contribution in [3.05, 3.63) is 41.5 Å². The largest absolute Gasteiger partial charge is 0.353 e. The number of rotatable bonds is 4. The van der Waals surface area contributed by atoms with Gasteiger partial charge in [-0.1, -0.05) is 36.4 Å². The van der Waals surface area contributed by atoms with Gasteiger partial charge >= 0.3 is 0 Å². The van der Waals surface area contributed by atoms with E-state index < -0.39 is 0 Å². The van der Waals surface area contributed by atoms with Crippen LogP contribution in [-0.2, 0) is 4.79 Å². The minimum Gasteiger partial charge on any atom is -0.353 e. The van der Waals surface area contributed by atoms with E-state index >= 15 is 0 Å². The van der Waals surface area contributed by atoms with Gasteiger partial charge in [0.25, 0.3) is 0 Å². The van der Waals surface area contributed by atoms with E-state index in [4.69, 9.17) is 0 Å². The monoisotopic (exact) mass is 229 g/mol. The lowest BCUT2D eigenvalue weighted by Crippen LogP contribution is -2.24. The van der Waals surface area contributed by atoms with E-state index in [0.717, 1.165) is 19.3 Å². The third kappa shape index (κ3) is 3.45. The van der Waals surface area contributed by atoms with Crippen molar-refractivity contribution in [3.8, 4) is 0 Å². The standard InChI is InChI=1S/C15H19NO/c1-12-6-2-3-7-13(12)8-4-5-9-14-10-11-15(17)16-14/h2-4,6-8,14H,5,9-11H2,1H3,(H,16,17)/b8-4+/t14-/m1/s1. The Morgan fingerprint density at radius 1 is 1.41 bits per heavy atom. The van der Waals surface area contributed by atoms with Gasteiger partial charge in [0.15, 0.2) is 0 Å². The first-order valence-corrected chi connectivity index (χ1v) is 6.27. The molecule has 1 atom stereocenters. The Balaban J connectivity index is 1.78. The molecule has 1 saturated heterocycles. The van der Waals surface area contributed by atoms with Crippen LogP contribution in [0.3, 0.4) is 0 Å². The molecule has 1 aromatic carbocycles. The first kappa shape index (κ1) is 11.9. The van der Waals surface area contributed by atoms with Crippen LogP contribution < -0.4 is 5.32 Å². The summed E-state index contributed by atoms with van der Waals surface area (Å²) in [7, 11) is 0. The molecule has 1 aliphatic heterocycles. The summed E-state index contributed by atoms with van der Waals surface area (Å²) >= 11 is 0. The number of nitrogens with one attached hydrogen (secondary N) is 1. The molecule has 0 bridgehead atoms. The minimum absolute atomic E-state index is 0.206. The lowest BCUT2D eigenvalue weighted by Gasteiger charge is -2.06. The molecule has 1 fully saturated rings. The zero-order valence-electron chi connectivity index (χ0n) is 10.3. The summed E-state index contributed by atoms with van der Waals surface area (Å²) in [5.74, 6) is 0.206. The van der Waals surface area contributed by atoms with E-state index in [1.807, 2.05) is 0 Å². The maximum atomic E-state index is 11.0. The molecule has 1 aromatic rings. The van der Waals surface area contributed by atoms with Gasteiger partial charge in [-0.05, 0) is 37.3 Å². The molecule has 90 valence electrons. The van der Waals surface area contributed by atoms with Gasteiger partial charge < -0.3 is 5.32 Å². The molecule has 1 heterocycles. The van der Waals surface area contributed by atoms with Crippen LogP contribution >= 0.6 is 0 Å². The first-order chi connectivity index (χ1) is 8.25. The van der Waals surface area contributed by atoms with Crippen molar-refractivity contribution < 1.29 is 4.79 Å². The fourth-order valence-corrected chi connectivity index (χ4v) is 2.18. The van der Waals surface area contributed by atoms with Crippen molar-refractivity contribution in [1.29, 1.82) is 0 Å². The Morgan fingerprint density at radius 2 is 2.24 bits per heavy atom. The molecule has 0 aromatic heterocycles. The third-order valence-electron chi connectivity index (χ3n) is 3.25. The van der Waals surface area contributed by atoms with Crippen LogP contribution in [0.5, 0.6) is 0 Å². The number of aryl methyl sites for hydroxylation is 1. The molecule has 0 saturated carbocycles. The Kier molecular flexibility index (Phi) is 3.97. The zero-order chi connectivity index (χ0) is 12.1. The average molecular weight is 229 g/mol. The van der Waals surface area contributed by atoms with Crippen molar-refractivity contribution in [2.24, 2.45) is 0 Å². The normalized spacial score (nSPS) is 19.8. The van der Waals surface area contributed by atoms with E-state index in [0.29, 0.717) is 12.5 Å². The van der Waals surface area contributed by atoms with Crippen LogP contribution in [-0.4, -0.2) is 11.9 Å². The number of allylic oxidation sites excluding steroid dienone is 1. The van der Waals surface area contributed by atoms with Gasteiger partial charge in [0.05, 0.1) is 0 Å². The average Bonchev–Trinajstić information content (AvgIpc) is 2.73. The first-order valence-electron chi connectivity index (χ1n) is 6.27. The van der Waals surface area contributed by atoms with Gasteiger partial charge in [-0.3, -0.25) is 4.79 Å². The van der Waals surface area contributed by atoms with Gasteiger partial charge in [0, 0.05) is 12.5 Å². The fraction of sp³-hybridized carbons (Fsp3) is 0.400. The van der Waals surface area contributed by atoms with Crippen LogP contribution in [0.2, 0.25) is 0 Å². The third-order valence-corrected chi connectivity index (χ3v) is 3.25. The highest BCUT2D eigenvalue weighted by molar-refractivity contribution is 5.78. The van der Waals surface area contributed by atoms with E-state index in [2.05, 4.69) is 48.7 Å². The molecule has 0 spiro atoms. The predicted octanol–water partition coefficient (Wildman–Crippen LogP) is 3.07. The van der Waals surface area contributed by atoms with Crippen molar-refractivity contribution in [2.75, 3.05) is 0 Å². The Bertz CT molecular complexity index is 423. The van der Waals surface area contributed by atoms with E-state index in [9.17, 15) is 4.79 Å². The van der Waals surface area contributed by atoms with Crippen molar-refractivity contribution >= 4 is 12.0 Å². The summed E-state index contributed by atoms with van der Waals surface area (Å²) in [4.78, 5) is 11.0. The topological polar surface area (TPSA) is 29.1 Å². The molecule has 1 amide bonds. The highest BCUT2D eigenvalue weighted by atomic mass is 16.1. The summed E-state index contributed by atoms with van der Waals surface area (Å²) in [6.45, 7) is 2.12. The van der Waals surface area contributed by atoms with E-state index in [1.54, 1.807) is 0 Å². The second-order valence-corrected chi connectivity index (χ2v) is 4.64. The SMILES string of the molecule is Cc1ccccc1/C=C/CC[C@@H]1CCC(=O)N1. The van der Waals surface area contributed by atoms with Gasteiger partial charge in [-0.15, -0.1) is 0 Å². The second-order valence-electron chi connectivity index (χ2n) is 4.64. The molecular weight excluding hydrogens is 210 g/mol. The molecule has 0 unspecified atom stereocenters. The Morgan fingerprint density at radius 3 is 2.94 bits per heavy atom. The lowest BCUT2D eigenvalue weighted by molar-refractivity contribution is -0.119. The zero-order valence-corrected chi connectivity index (χ0v) is 10.3. The van der Waals surface area contributed by atoms with Crippen LogP contribution in [0.4, 0.5) is 0 Å². The van der Waals surface area contributed by atoms with E-state index in [-0.39, 0.29) is 5.91 Å². The molecule has 17 heavy (non-hydrogen) atoms. The lowest BCUT2D eigenvalue weighted by atomic mass is 10.1. The smallest absolute Gasteiger partial charge is 0.220 e. The summed E-state index contributed by atoms with van der Waals surface area (Å²) in [6.07, 6.45) is 8.15. The molecule has 1 aliphatic rings. The molecule has 2 nitrogen and oxygen atoms in total. The van der Waals surface area contributed by atoms with Crippen LogP contribution in [0.25, 0.3) is 6.08 Å². The summed E-state index contributed by atoms with van der Waals surface area (Å²) in [6, 6.07) is 8.76. The van der Waals surface area contributed by atoms with Crippen LogP contribution in [0.1, 0.15) is 36.8 Å². The highest BCUT2D eigenvalue weighted by Gasteiger charge is 2.19. The molecule has 2 rings (SSSR count). The molecule has 0 aliphatic carbocycles. The van der Waals surface area contributed by atoms with Crippen molar-refractivity contribution in [3.63, 3.8) is 0 Å².